The molecule has 0 saturated heterocycles. The first-order valence-corrected chi connectivity index (χ1v) is 11.2. The highest BCUT2D eigenvalue weighted by atomic mass is 16.4. The number of phenols is 2. The number of nitrogens with one attached hydrogen (secondary N) is 1. The highest BCUT2D eigenvalue weighted by molar-refractivity contribution is 5.95. The quantitative estimate of drug-likeness (QED) is 0.130. The van der Waals surface area contributed by atoms with Crippen LogP contribution in [0.5, 0.6) is 11.5 Å². The van der Waals surface area contributed by atoms with E-state index in [2.05, 4.69) is 10.3 Å². The molecular weight excluding hydrogens is 524 g/mol. The van der Waals surface area contributed by atoms with E-state index in [1.807, 2.05) is 0 Å². The summed E-state index contributed by atoms with van der Waals surface area (Å²) in [5.74, 6) is 7.89. The van der Waals surface area contributed by atoms with Crippen LogP contribution in [-0.4, -0.2) is 50.3 Å². The fourth-order valence-corrected chi connectivity index (χ4v) is 3.41. The molecule has 208 valence electrons. The first-order valence-electron chi connectivity index (χ1n) is 11.2. The lowest BCUT2D eigenvalue weighted by atomic mass is 10.1. The van der Waals surface area contributed by atoms with E-state index in [1.165, 1.54) is 55.8 Å². The molecule has 0 aliphatic heterocycles. The number of nitrogens with zero attached hydrogens (tertiary/aromatic N) is 3. The number of amides is 1. The molecule has 0 aliphatic rings. The van der Waals surface area contributed by atoms with E-state index in [1.54, 1.807) is 0 Å². The molecule has 1 amide bonds. The summed E-state index contributed by atoms with van der Waals surface area (Å²) in [6, 6.07) is 10.0. The Labute approximate surface area is 226 Å². The molecule has 0 atom stereocenters. The van der Waals surface area contributed by atoms with Crippen molar-refractivity contribution in [1.82, 2.24) is 10.3 Å². The third-order valence-corrected chi connectivity index (χ3v) is 5.48. The van der Waals surface area contributed by atoms with Crippen LogP contribution in [0.15, 0.2) is 60.9 Å². The maximum Gasteiger partial charge on any atom is 0.339 e. The van der Waals surface area contributed by atoms with E-state index in [9.17, 15) is 24.6 Å². The molecule has 15 heteroatoms. The number of aromatic carboxylic acids is 2. The van der Waals surface area contributed by atoms with Crippen LogP contribution in [0.4, 0.5) is 11.4 Å². The van der Waals surface area contributed by atoms with Crippen molar-refractivity contribution in [2.45, 2.75) is 0 Å². The number of carbonyl (C=O) groups is 3. The first-order chi connectivity index (χ1) is 18.8. The van der Waals surface area contributed by atoms with Crippen LogP contribution in [-0.2, 0) is 0 Å². The summed E-state index contributed by atoms with van der Waals surface area (Å²) in [6.45, 7) is 0. The smallest absolute Gasteiger partial charge is 0.339 e. The van der Waals surface area contributed by atoms with Gasteiger partial charge in [0.25, 0.3) is 5.91 Å². The second kappa shape index (κ2) is 11.7. The molecule has 0 fully saturated rings. The lowest BCUT2D eigenvalue weighted by molar-refractivity contribution is 0.0682. The Hall–Kier alpha value is -5.80. The third-order valence-electron chi connectivity index (χ3n) is 5.48. The zero-order valence-corrected chi connectivity index (χ0v) is 20.9. The number of anilines is 2. The minimum atomic E-state index is -1.32. The zero-order valence-electron chi connectivity index (χ0n) is 20.9. The standard InChI is InChI=1S/C25H26N8O7/c1-30-23(36)12-6-19(17(26)10-32(28)13-2-4-15(24(37)38)21(34)8-13)31-20(7-12)18(27)11-33(29)14-3-5-16(25(39)40)22(35)9-14/h2-11,34-35H,26-29H2,1H3,(H,30,36)(H,37,38)(H,39,40)/b17-10-,18-11-. The Kier molecular flexibility index (Phi) is 8.43. The lowest BCUT2D eigenvalue weighted by Crippen LogP contribution is -2.27. The highest BCUT2D eigenvalue weighted by Gasteiger charge is 2.16. The van der Waals surface area contributed by atoms with Gasteiger partial charge in [-0.2, -0.15) is 0 Å². The van der Waals surface area contributed by atoms with E-state index in [0.717, 1.165) is 22.2 Å². The van der Waals surface area contributed by atoms with Gasteiger partial charge in [0.15, 0.2) is 0 Å². The normalized spacial score (nSPS) is 11.6. The number of aromatic hydroxyl groups is 2. The number of hydrogen-bond acceptors (Lipinski definition) is 12. The predicted molar refractivity (Wildman–Crippen MR) is 145 cm³/mol. The van der Waals surface area contributed by atoms with E-state index in [-0.39, 0.29) is 50.8 Å². The van der Waals surface area contributed by atoms with Crippen LogP contribution in [0, 0.1) is 0 Å². The van der Waals surface area contributed by atoms with Gasteiger partial charge in [-0.25, -0.2) is 26.3 Å². The number of benzene rings is 2. The second-order valence-corrected chi connectivity index (χ2v) is 8.20. The van der Waals surface area contributed by atoms with Gasteiger partial charge >= 0.3 is 11.9 Å². The topological polar surface area (TPSA) is 268 Å². The van der Waals surface area contributed by atoms with Crippen LogP contribution >= 0.6 is 0 Å². The molecule has 3 rings (SSSR count). The predicted octanol–water partition coefficient (Wildman–Crippen LogP) is 0.524. The molecule has 15 nitrogen and oxygen atoms in total. The number of carbonyl (C=O) groups excluding carboxylic acids is 1. The van der Waals surface area contributed by atoms with E-state index in [0.29, 0.717) is 0 Å². The number of hydrazine groups is 2. The largest absolute Gasteiger partial charge is 0.507 e. The Bertz CT molecular complexity index is 1450. The average Bonchev–Trinajstić information content (AvgIpc) is 2.91. The summed E-state index contributed by atoms with van der Waals surface area (Å²) in [5, 5.41) is 42.6. The van der Waals surface area contributed by atoms with E-state index >= 15 is 0 Å². The fourth-order valence-electron chi connectivity index (χ4n) is 3.41. The van der Waals surface area contributed by atoms with Gasteiger partial charge in [-0.1, -0.05) is 0 Å². The number of aromatic nitrogens is 1. The maximum atomic E-state index is 12.4. The fraction of sp³-hybridized carbons (Fsp3) is 0.0400. The minimum absolute atomic E-state index is 0.0251. The van der Waals surface area contributed by atoms with Crippen molar-refractivity contribution >= 4 is 40.6 Å². The molecule has 13 N–H and O–H groups in total. The number of carboxylic acid groups (broad SMARTS) is 2. The summed E-state index contributed by atoms with van der Waals surface area (Å²) in [5.41, 5.74) is 12.4. The van der Waals surface area contributed by atoms with E-state index in [4.69, 9.17) is 33.4 Å². The van der Waals surface area contributed by atoms with Crippen molar-refractivity contribution in [2.24, 2.45) is 23.2 Å². The van der Waals surface area contributed by atoms with Gasteiger partial charge in [-0.15, -0.1) is 0 Å². The summed E-state index contributed by atoms with van der Waals surface area (Å²) in [7, 11) is 1.42. The van der Waals surface area contributed by atoms with Crippen molar-refractivity contribution in [1.29, 1.82) is 0 Å². The molecule has 0 saturated carbocycles. The van der Waals surface area contributed by atoms with Gasteiger partial charge in [0, 0.05) is 37.1 Å². The second-order valence-electron chi connectivity index (χ2n) is 8.20. The molecule has 0 unspecified atom stereocenters. The maximum absolute atomic E-state index is 12.4. The van der Waals surface area contributed by atoms with Crippen LogP contribution < -0.4 is 38.5 Å². The van der Waals surface area contributed by atoms with Gasteiger partial charge in [0.2, 0.25) is 0 Å². The lowest BCUT2D eigenvalue weighted by Gasteiger charge is -2.17. The molecule has 0 aliphatic carbocycles. The average molecular weight is 551 g/mol. The Balaban J connectivity index is 1.98. The molecular formula is C25H26N8O7. The van der Waals surface area contributed by atoms with Crippen molar-refractivity contribution in [3.63, 3.8) is 0 Å². The van der Waals surface area contributed by atoms with Gasteiger partial charge in [-0.3, -0.25) is 14.8 Å². The summed E-state index contributed by atoms with van der Waals surface area (Å²) in [4.78, 5) is 39.0. The monoisotopic (exact) mass is 550 g/mol. The van der Waals surface area contributed by atoms with Gasteiger partial charge in [-0.05, 0) is 36.4 Å². The molecule has 40 heavy (non-hydrogen) atoms. The van der Waals surface area contributed by atoms with Gasteiger partial charge in [0.05, 0.1) is 34.2 Å². The van der Waals surface area contributed by atoms with Gasteiger partial charge < -0.3 is 37.2 Å². The molecule has 2 aromatic carbocycles. The Morgan fingerprint density at radius 1 is 0.775 bits per heavy atom. The highest BCUT2D eigenvalue weighted by Crippen LogP contribution is 2.26. The Morgan fingerprint density at radius 2 is 1.18 bits per heavy atom. The van der Waals surface area contributed by atoms with Crippen molar-refractivity contribution in [3.8, 4) is 11.5 Å². The minimum Gasteiger partial charge on any atom is -0.507 e. The first kappa shape index (κ1) is 28.8. The molecule has 1 aromatic heterocycles. The summed E-state index contributed by atoms with van der Waals surface area (Å²) >= 11 is 0. The molecule has 3 aromatic rings. The summed E-state index contributed by atoms with van der Waals surface area (Å²) in [6.07, 6.45) is 2.47. The number of hydrogen-bond donors (Lipinski definition) is 9. The van der Waals surface area contributed by atoms with Crippen LogP contribution in [0.25, 0.3) is 11.4 Å². The van der Waals surface area contributed by atoms with Crippen LogP contribution in [0.2, 0.25) is 0 Å². The molecule has 0 spiro atoms. The number of pyridine rings is 1. The van der Waals surface area contributed by atoms with Crippen molar-refractivity contribution < 1.29 is 34.8 Å². The van der Waals surface area contributed by atoms with E-state index < -0.39 is 29.3 Å². The number of nitrogens with two attached hydrogens (primary N) is 4. The zero-order chi connectivity index (χ0) is 29.7. The Morgan fingerprint density at radius 3 is 1.50 bits per heavy atom. The number of rotatable bonds is 9. The van der Waals surface area contributed by atoms with Crippen LogP contribution in [0.1, 0.15) is 42.5 Å². The SMILES string of the molecule is CNC(=O)c1cc(/C(N)=C/N(N)c2ccc(C(=O)O)c(O)c2)nc(/C(N)=C/N(N)c2ccc(C(=O)O)c(O)c2)c1. The molecule has 1 heterocycles. The van der Waals surface area contributed by atoms with Gasteiger partial charge in [0.1, 0.15) is 22.6 Å². The molecule has 0 radical (unpaired) electrons. The number of carboxylic acids is 2. The van der Waals surface area contributed by atoms with Crippen LogP contribution in [0.3, 0.4) is 0 Å². The summed E-state index contributed by atoms with van der Waals surface area (Å²) < 4.78 is 0. The van der Waals surface area contributed by atoms with Crippen molar-refractivity contribution in [2.75, 3.05) is 17.1 Å². The molecule has 0 bridgehead atoms. The third kappa shape index (κ3) is 6.36. The van der Waals surface area contributed by atoms with Crippen molar-refractivity contribution in [3.05, 3.63) is 89.0 Å².